The highest BCUT2D eigenvalue weighted by Gasteiger charge is 2.17. The van der Waals surface area contributed by atoms with E-state index in [2.05, 4.69) is 19.5 Å². The molecule has 29 heavy (non-hydrogen) atoms. The van der Waals surface area contributed by atoms with Gasteiger partial charge >= 0.3 is 0 Å². The minimum Gasteiger partial charge on any atom is -0.347 e. The number of benzene rings is 2. The number of amides is 1. The van der Waals surface area contributed by atoms with E-state index in [1.165, 1.54) is 11.3 Å². The summed E-state index contributed by atoms with van der Waals surface area (Å²) in [5.41, 5.74) is 0.820. The summed E-state index contributed by atoms with van der Waals surface area (Å²) in [6, 6.07) is 16.9. The molecule has 1 N–H and O–H groups in total. The van der Waals surface area contributed by atoms with Crippen LogP contribution < -0.4 is 10.6 Å². The van der Waals surface area contributed by atoms with Gasteiger partial charge < -0.3 is 5.32 Å². The lowest BCUT2D eigenvalue weighted by atomic mass is 10.2. The SMILES string of the molecule is O=C(NCc1ccc(S(=O)(=O)c2ccc(P)cc2)cc1)c1cc2ccncc2s1. The molecule has 2 heterocycles. The van der Waals surface area contributed by atoms with Gasteiger partial charge in [-0.05, 0) is 52.7 Å². The van der Waals surface area contributed by atoms with Crippen molar-refractivity contribution < 1.29 is 13.2 Å². The molecule has 0 aliphatic carbocycles. The number of nitrogens with one attached hydrogen (secondary N) is 1. The molecule has 8 heteroatoms. The molecule has 1 atom stereocenters. The van der Waals surface area contributed by atoms with Gasteiger partial charge in [0.2, 0.25) is 9.84 Å². The van der Waals surface area contributed by atoms with Crippen molar-refractivity contribution in [3.8, 4) is 0 Å². The monoisotopic (exact) mass is 440 g/mol. The smallest absolute Gasteiger partial charge is 0.261 e. The van der Waals surface area contributed by atoms with Gasteiger partial charge in [-0.3, -0.25) is 9.78 Å². The molecule has 1 amide bonds. The molecular weight excluding hydrogens is 423 g/mol. The van der Waals surface area contributed by atoms with E-state index in [1.54, 1.807) is 60.9 Å². The third-order valence-electron chi connectivity index (χ3n) is 4.42. The normalized spacial score (nSPS) is 11.5. The van der Waals surface area contributed by atoms with E-state index in [0.29, 0.717) is 11.4 Å². The molecular formula is C21H17N2O3PS2. The molecule has 0 aliphatic rings. The second-order valence-electron chi connectivity index (χ2n) is 6.42. The first-order valence-electron chi connectivity index (χ1n) is 8.75. The highest BCUT2D eigenvalue weighted by molar-refractivity contribution is 7.91. The highest BCUT2D eigenvalue weighted by atomic mass is 32.2. The number of thiophene rings is 1. The third-order valence-corrected chi connectivity index (χ3v) is 7.68. The minimum atomic E-state index is -3.56. The summed E-state index contributed by atoms with van der Waals surface area (Å²) < 4.78 is 26.4. The molecule has 1 unspecified atom stereocenters. The van der Waals surface area contributed by atoms with Gasteiger partial charge in [0.25, 0.3) is 5.91 Å². The number of aromatic nitrogens is 1. The van der Waals surface area contributed by atoms with Crippen molar-refractivity contribution in [3.63, 3.8) is 0 Å². The van der Waals surface area contributed by atoms with Crippen molar-refractivity contribution >= 4 is 51.7 Å². The number of hydrogen-bond acceptors (Lipinski definition) is 5. The maximum atomic E-state index is 12.7. The average Bonchev–Trinajstić information content (AvgIpc) is 3.17. The van der Waals surface area contributed by atoms with E-state index >= 15 is 0 Å². The number of hydrogen-bond donors (Lipinski definition) is 1. The zero-order chi connectivity index (χ0) is 20.4. The van der Waals surface area contributed by atoms with Gasteiger partial charge in [0, 0.05) is 18.9 Å². The molecule has 0 spiro atoms. The Balaban J connectivity index is 1.45. The average molecular weight is 440 g/mol. The van der Waals surface area contributed by atoms with Crippen LogP contribution in [0.1, 0.15) is 15.2 Å². The fourth-order valence-corrected chi connectivity index (χ4v) is 5.23. The van der Waals surface area contributed by atoms with E-state index in [-0.39, 0.29) is 15.7 Å². The van der Waals surface area contributed by atoms with Crippen LogP contribution in [-0.4, -0.2) is 19.3 Å². The summed E-state index contributed by atoms with van der Waals surface area (Å²) in [5, 5.41) is 4.78. The molecule has 0 bridgehead atoms. The number of carbonyl (C=O) groups is 1. The first kappa shape index (κ1) is 19.7. The molecule has 0 saturated heterocycles. The molecule has 4 rings (SSSR count). The van der Waals surface area contributed by atoms with Gasteiger partial charge in [0.15, 0.2) is 0 Å². The number of pyridine rings is 1. The Hall–Kier alpha value is -2.60. The predicted molar refractivity (Wildman–Crippen MR) is 118 cm³/mol. The summed E-state index contributed by atoms with van der Waals surface area (Å²) in [4.78, 5) is 17.6. The van der Waals surface area contributed by atoms with E-state index in [1.807, 2.05) is 12.1 Å². The number of sulfone groups is 1. The Morgan fingerprint density at radius 2 is 1.66 bits per heavy atom. The van der Waals surface area contributed by atoms with Crippen molar-refractivity contribution in [3.05, 3.63) is 83.5 Å². The molecule has 2 aromatic carbocycles. The first-order chi connectivity index (χ1) is 13.9. The van der Waals surface area contributed by atoms with E-state index < -0.39 is 9.84 Å². The van der Waals surface area contributed by atoms with Gasteiger partial charge in [0.05, 0.1) is 19.4 Å². The lowest BCUT2D eigenvalue weighted by Gasteiger charge is -2.07. The van der Waals surface area contributed by atoms with Crippen molar-refractivity contribution in [1.82, 2.24) is 10.3 Å². The minimum absolute atomic E-state index is 0.166. The van der Waals surface area contributed by atoms with Crippen LogP contribution in [0.3, 0.4) is 0 Å². The predicted octanol–water partition coefficient (Wildman–Crippen LogP) is 3.56. The second-order valence-corrected chi connectivity index (χ2v) is 10.1. The van der Waals surface area contributed by atoms with E-state index in [9.17, 15) is 13.2 Å². The lowest BCUT2D eigenvalue weighted by molar-refractivity contribution is 0.0955. The van der Waals surface area contributed by atoms with Crippen LogP contribution >= 0.6 is 20.6 Å². The van der Waals surface area contributed by atoms with Crippen LogP contribution in [0.25, 0.3) is 10.1 Å². The fraction of sp³-hybridized carbons (Fsp3) is 0.0476. The van der Waals surface area contributed by atoms with Crippen LogP contribution in [0.4, 0.5) is 0 Å². The third kappa shape index (κ3) is 4.22. The standard InChI is InChI=1S/C21H17N2O3PS2/c24-21(19-11-15-9-10-22-13-20(15)28-19)23-12-14-1-5-17(6-2-14)29(25,26)18-7-3-16(27)4-8-18/h1-11,13H,12,27H2,(H,23,24). The van der Waals surface area contributed by atoms with Gasteiger partial charge in [-0.1, -0.05) is 24.3 Å². The van der Waals surface area contributed by atoms with Crippen molar-refractivity contribution in [2.45, 2.75) is 16.3 Å². The van der Waals surface area contributed by atoms with Crippen molar-refractivity contribution in [2.24, 2.45) is 0 Å². The fourth-order valence-electron chi connectivity index (χ4n) is 2.84. The number of fused-ring (bicyclic) bond motifs is 1. The van der Waals surface area contributed by atoms with Gasteiger partial charge in [0.1, 0.15) is 0 Å². The van der Waals surface area contributed by atoms with Gasteiger partial charge in [-0.25, -0.2) is 8.42 Å². The summed E-state index contributed by atoms with van der Waals surface area (Å²) in [7, 11) is -1.03. The molecule has 5 nitrogen and oxygen atoms in total. The molecule has 0 fully saturated rings. The maximum absolute atomic E-state index is 12.7. The molecule has 0 aliphatic heterocycles. The molecule has 4 aromatic rings. The first-order valence-corrected chi connectivity index (χ1v) is 11.6. The van der Waals surface area contributed by atoms with Crippen LogP contribution in [0, 0.1) is 0 Å². The Labute approximate surface area is 174 Å². The van der Waals surface area contributed by atoms with Crippen LogP contribution in [0.2, 0.25) is 0 Å². The molecule has 2 aromatic heterocycles. The molecule has 0 radical (unpaired) electrons. The topological polar surface area (TPSA) is 76.1 Å². The number of nitrogens with zero attached hydrogens (tertiary/aromatic N) is 1. The van der Waals surface area contributed by atoms with Crippen molar-refractivity contribution in [2.75, 3.05) is 0 Å². The number of rotatable bonds is 5. The maximum Gasteiger partial charge on any atom is 0.261 e. The Bertz CT molecular complexity index is 1250. The highest BCUT2D eigenvalue weighted by Crippen LogP contribution is 2.24. The molecule has 146 valence electrons. The van der Waals surface area contributed by atoms with Gasteiger partial charge in [-0.2, -0.15) is 0 Å². The summed E-state index contributed by atoms with van der Waals surface area (Å²) in [6.45, 7) is 0.313. The summed E-state index contributed by atoms with van der Waals surface area (Å²) >= 11 is 1.39. The van der Waals surface area contributed by atoms with E-state index in [0.717, 1.165) is 21.0 Å². The number of carbonyl (C=O) groups excluding carboxylic acids is 1. The van der Waals surface area contributed by atoms with Crippen LogP contribution in [0.15, 0.2) is 82.8 Å². The summed E-state index contributed by atoms with van der Waals surface area (Å²) in [6.07, 6.45) is 3.44. The zero-order valence-electron chi connectivity index (χ0n) is 15.2. The quantitative estimate of drug-likeness (QED) is 0.482. The Morgan fingerprint density at radius 3 is 2.31 bits per heavy atom. The van der Waals surface area contributed by atoms with Crippen LogP contribution in [0.5, 0.6) is 0 Å². The summed E-state index contributed by atoms with van der Waals surface area (Å²) in [5.74, 6) is -0.166. The van der Waals surface area contributed by atoms with Gasteiger partial charge in [-0.15, -0.1) is 20.6 Å². The van der Waals surface area contributed by atoms with E-state index in [4.69, 9.17) is 0 Å². The molecule has 0 saturated carbocycles. The zero-order valence-corrected chi connectivity index (χ0v) is 18.0. The lowest BCUT2D eigenvalue weighted by Crippen LogP contribution is -2.21. The largest absolute Gasteiger partial charge is 0.347 e. The van der Waals surface area contributed by atoms with Crippen molar-refractivity contribution in [1.29, 1.82) is 0 Å². The Kier molecular flexibility index (Phi) is 5.46. The second kappa shape index (κ2) is 8.03. The van der Waals surface area contributed by atoms with Crippen LogP contribution in [-0.2, 0) is 16.4 Å². The Morgan fingerprint density at radius 1 is 1.00 bits per heavy atom.